The molecule has 4 aromatic carbocycles. The Balaban J connectivity index is 1.48. The number of imidazole rings is 1. The minimum Gasteiger partial charge on any atom is -0.378 e. The fourth-order valence-corrected chi connectivity index (χ4v) is 6.36. The summed E-state index contributed by atoms with van der Waals surface area (Å²) < 4.78 is 2.28. The summed E-state index contributed by atoms with van der Waals surface area (Å²) in [6.07, 6.45) is 2.16. The quantitative estimate of drug-likeness (QED) is 0.221. The zero-order chi connectivity index (χ0) is 28.0. The third kappa shape index (κ3) is 4.66. The zero-order valence-electron chi connectivity index (χ0n) is 24.5. The van der Waals surface area contributed by atoms with Gasteiger partial charge in [-0.15, -0.1) is 0 Å². The van der Waals surface area contributed by atoms with E-state index in [0.717, 1.165) is 41.1 Å². The molecule has 2 N–H and O–H groups in total. The van der Waals surface area contributed by atoms with E-state index in [-0.39, 0.29) is 6.04 Å². The Hall–Kier alpha value is -4.05. The molecular weight excluding hydrogens is 488 g/mol. The third-order valence-corrected chi connectivity index (χ3v) is 8.37. The summed E-state index contributed by atoms with van der Waals surface area (Å²) in [6, 6.07) is 28.7. The Morgan fingerprint density at radius 1 is 0.850 bits per heavy atom. The summed E-state index contributed by atoms with van der Waals surface area (Å²) in [5.74, 6) is 1.85. The number of hydrogen-bond donors (Lipinski definition) is 2. The Kier molecular flexibility index (Phi) is 6.87. The van der Waals surface area contributed by atoms with Gasteiger partial charge in [0.05, 0.1) is 17.2 Å². The third-order valence-electron chi connectivity index (χ3n) is 8.37. The van der Waals surface area contributed by atoms with Crippen molar-refractivity contribution in [1.82, 2.24) is 9.55 Å². The highest BCUT2D eigenvalue weighted by Crippen LogP contribution is 2.42. The standard InChI is InChI=1S/C36H40N4/c1-22(2)27-15-11-16-28(23(3)4)34(27)38-31-20-24(5)21-32-35(31)39-36(40(32)6)29-17-10-12-25-18-19-30(33(25)29)37-26-13-8-7-9-14-26/h7-17,20-23,30,37-38H,18-19H2,1-6H3. The number of para-hydroxylation sites is 2. The first-order valence-corrected chi connectivity index (χ1v) is 14.6. The second kappa shape index (κ2) is 10.5. The highest BCUT2D eigenvalue weighted by atomic mass is 15.1. The molecule has 4 heteroatoms. The number of nitrogens with one attached hydrogen (secondary N) is 2. The Morgan fingerprint density at radius 3 is 2.25 bits per heavy atom. The number of fused-ring (bicyclic) bond motifs is 2. The summed E-state index contributed by atoms with van der Waals surface area (Å²) in [4.78, 5) is 5.36. The van der Waals surface area contributed by atoms with Crippen molar-refractivity contribution in [2.75, 3.05) is 10.6 Å². The molecule has 0 saturated heterocycles. The van der Waals surface area contributed by atoms with Crippen LogP contribution in [0.4, 0.5) is 17.1 Å². The van der Waals surface area contributed by atoms with Gasteiger partial charge in [-0.05, 0) is 83.7 Å². The first kappa shape index (κ1) is 26.2. The maximum absolute atomic E-state index is 5.36. The molecule has 0 amide bonds. The molecule has 0 bridgehead atoms. The number of aryl methyl sites for hydroxylation is 3. The van der Waals surface area contributed by atoms with Crippen LogP contribution in [0.3, 0.4) is 0 Å². The Labute approximate surface area is 238 Å². The van der Waals surface area contributed by atoms with Crippen LogP contribution in [0.15, 0.2) is 78.9 Å². The molecule has 0 fully saturated rings. The van der Waals surface area contributed by atoms with Crippen molar-refractivity contribution in [1.29, 1.82) is 0 Å². The van der Waals surface area contributed by atoms with Crippen LogP contribution in [-0.4, -0.2) is 9.55 Å². The molecule has 40 heavy (non-hydrogen) atoms. The number of anilines is 3. The summed E-state index contributed by atoms with van der Waals surface area (Å²) >= 11 is 0. The number of benzene rings is 4. The van der Waals surface area contributed by atoms with Crippen molar-refractivity contribution >= 4 is 28.1 Å². The van der Waals surface area contributed by atoms with Gasteiger partial charge in [0, 0.05) is 24.0 Å². The molecule has 1 unspecified atom stereocenters. The van der Waals surface area contributed by atoms with Crippen molar-refractivity contribution in [3.8, 4) is 11.4 Å². The maximum Gasteiger partial charge on any atom is 0.141 e. The Morgan fingerprint density at radius 2 is 1.55 bits per heavy atom. The predicted octanol–water partition coefficient (Wildman–Crippen LogP) is 9.64. The summed E-state index contributed by atoms with van der Waals surface area (Å²) in [5, 5.41) is 7.68. The lowest BCUT2D eigenvalue weighted by molar-refractivity contribution is 0.762. The SMILES string of the molecule is Cc1cc(Nc2c(C(C)C)cccc2C(C)C)c2nc(-c3cccc4c3C(Nc3ccccc3)CC4)n(C)c2c1. The summed E-state index contributed by atoms with van der Waals surface area (Å²) in [5.41, 5.74) is 13.5. The number of hydrogen-bond acceptors (Lipinski definition) is 3. The van der Waals surface area contributed by atoms with Crippen LogP contribution in [0.25, 0.3) is 22.4 Å². The van der Waals surface area contributed by atoms with E-state index in [4.69, 9.17) is 4.98 Å². The van der Waals surface area contributed by atoms with E-state index >= 15 is 0 Å². The van der Waals surface area contributed by atoms with Gasteiger partial charge in [-0.2, -0.15) is 0 Å². The molecule has 1 aliphatic rings. The molecular formula is C36H40N4. The fraction of sp³-hybridized carbons (Fsp3) is 0.306. The van der Waals surface area contributed by atoms with Crippen LogP contribution >= 0.6 is 0 Å². The van der Waals surface area contributed by atoms with Gasteiger partial charge in [-0.25, -0.2) is 4.98 Å². The average Bonchev–Trinajstić information content (AvgIpc) is 3.50. The van der Waals surface area contributed by atoms with Crippen LogP contribution in [0.5, 0.6) is 0 Å². The number of nitrogens with zero attached hydrogens (tertiary/aromatic N) is 2. The van der Waals surface area contributed by atoms with Crippen molar-refractivity contribution in [3.63, 3.8) is 0 Å². The van der Waals surface area contributed by atoms with E-state index < -0.39 is 0 Å². The monoisotopic (exact) mass is 528 g/mol. The molecule has 0 spiro atoms. The van der Waals surface area contributed by atoms with Gasteiger partial charge in [0.15, 0.2) is 0 Å². The van der Waals surface area contributed by atoms with Crippen LogP contribution in [0.2, 0.25) is 0 Å². The molecule has 1 atom stereocenters. The minimum absolute atomic E-state index is 0.263. The van der Waals surface area contributed by atoms with Gasteiger partial charge in [-0.1, -0.05) is 82.3 Å². The lowest BCUT2D eigenvalue weighted by Gasteiger charge is -2.21. The first-order valence-electron chi connectivity index (χ1n) is 14.6. The van der Waals surface area contributed by atoms with Gasteiger partial charge >= 0.3 is 0 Å². The molecule has 4 nitrogen and oxygen atoms in total. The van der Waals surface area contributed by atoms with E-state index in [1.54, 1.807) is 0 Å². The van der Waals surface area contributed by atoms with Gasteiger partial charge in [0.25, 0.3) is 0 Å². The van der Waals surface area contributed by atoms with Crippen molar-refractivity contribution in [2.45, 2.75) is 65.3 Å². The highest BCUT2D eigenvalue weighted by molar-refractivity contribution is 5.94. The predicted molar refractivity (Wildman–Crippen MR) is 170 cm³/mol. The maximum atomic E-state index is 5.36. The lowest BCUT2D eigenvalue weighted by atomic mass is 9.92. The lowest BCUT2D eigenvalue weighted by Crippen LogP contribution is -2.09. The van der Waals surface area contributed by atoms with E-state index in [2.05, 4.69) is 136 Å². The summed E-state index contributed by atoms with van der Waals surface area (Å²) in [6.45, 7) is 11.3. The van der Waals surface area contributed by atoms with E-state index in [9.17, 15) is 0 Å². The largest absolute Gasteiger partial charge is 0.378 e. The second-order valence-corrected chi connectivity index (χ2v) is 11.9. The van der Waals surface area contributed by atoms with E-state index in [1.807, 2.05) is 0 Å². The smallest absolute Gasteiger partial charge is 0.141 e. The molecule has 0 aliphatic heterocycles. The first-order chi connectivity index (χ1) is 19.3. The molecule has 5 aromatic rings. The number of rotatable bonds is 7. The number of aromatic nitrogens is 2. The highest BCUT2D eigenvalue weighted by Gasteiger charge is 2.28. The van der Waals surface area contributed by atoms with Crippen molar-refractivity contribution in [3.05, 3.63) is 107 Å². The molecule has 1 heterocycles. The summed E-state index contributed by atoms with van der Waals surface area (Å²) in [7, 11) is 2.16. The normalized spacial score (nSPS) is 14.8. The van der Waals surface area contributed by atoms with Crippen LogP contribution in [-0.2, 0) is 13.5 Å². The van der Waals surface area contributed by atoms with Gasteiger partial charge < -0.3 is 15.2 Å². The molecule has 204 valence electrons. The van der Waals surface area contributed by atoms with Crippen LogP contribution < -0.4 is 10.6 Å². The van der Waals surface area contributed by atoms with Crippen LogP contribution in [0.1, 0.15) is 79.8 Å². The Bertz CT molecular complexity index is 1650. The minimum atomic E-state index is 0.263. The van der Waals surface area contributed by atoms with Gasteiger partial charge in [-0.3, -0.25) is 0 Å². The topological polar surface area (TPSA) is 41.9 Å². The fourth-order valence-electron chi connectivity index (χ4n) is 6.36. The van der Waals surface area contributed by atoms with Crippen LogP contribution in [0, 0.1) is 6.92 Å². The molecule has 6 rings (SSSR count). The second-order valence-electron chi connectivity index (χ2n) is 11.9. The molecule has 0 saturated carbocycles. The molecule has 1 aliphatic carbocycles. The average molecular weight is 529 g/mol. The molecule has 0 radical (unpaired) electrons. The molecule has 1 aromatic heterocycles. The zero-order valence-corrected chi connectivity index (χ0v) is 24.5. The van der Waals surface area contributed by atoms with Crippen molar-refractivity contribution < 1.29 is 0 Å². The van der Waals surface area contributed by atoms with Gasteiger partial charge in [0.1, 0.15) is 11.3 Å². The van der Waals surface area contributed by atoms with E-state index in [1.165, 1.54) is 39.1 Å². The van der Waals surface area contributed by atoms with Crippen molar-refractivity contribution in [2.24, 2.45) is 7.05 Å². The van der Waals surface area contributed by atoms with Gasteiger partial charge in [0.2, 0.25) is 0 Å². The van der Waals surface area contributed by atoms with E-state index in [0.29, 0.717) is 11.8 Å².